The third kappa shape index (κ3) is 2.79. The molecule has 90 valence electrons. The third-order valence-electron chi connectivity index (χ3n) is 3.69. The van der Waals surface area contributed by atoms with E-state index in [1.807, 2.05) is 0 Å². The highest BCUT2D eigenvalue weighted by Crippen LogP contribution is 2.49. The van der Waals surface area contributed by atoms with Gasteiger partial charge in [0.15, 0.2) is 0 Å². The molecular formula is C15H20N2. The Morgan fingerprint density at radius 3 is 2.71 bits per heavy atom. The van der Waals surface area contributed by atoms with Crippen LogP contribution in [0, 0.1) is 23.7 Å². The molecule has 0 aromatic heterocycles. The summed E-state index contributed by atoms with van der Waals surface area (Å²) in [5, 5.41) is 8.87. The van der Waals surface area contributed by atoms with E-state index in [0.29, 0.717) is 6.42 Å². The lowest BCUT2D eigenvalue weighted by molar-refractivity contribution is 0.513. The van der Waals surface area contributed by atoms with Gasteiger partial charge in [-0.3, -0.25) is 0 Å². The molecule has 1 aromatic rings. The predicted octanol–water partition coefficient (Wildman–Crippen LogP) is 3.52. The van der Waals surface area contributed by atoms with Gasteiger partial charge < -0.3 is 4.90 Å². The summed E-state index contributed by atoms with van der Waals surface area (Å²) >= 11 is 0. The van der Waals surface area contributed by atoms with Crippen LogP contribution in [0.3, 0.4) is 0 Å². The Kier molecular flexibility index (Phi) is 3.38. The SMILES string of the molecule is CCN(CC1(CC#N)CC1)c1cccc(C)c1. The summed E-state index contributed by atoms with van der Waals surface area (Å²) in [5.41, 5.74) is 2.87. The Hall–Kier alpha value is -1.49. The second kappa shape index (κ2) is 4.79. The topological polar surface area (TPSA) is 27.0 Å². The summed E-state index contributed by atoms with van der Waals surface area (Å²) in [6, 6.07) is 11.0. The van der Waals surface area contributed by atoms with Gasteiger partial charge in [-0.05, 0) is 44.4 Å². The molecule has 1 saturated carbocycles. The predicted molar refractivity (Wildman–Crippen MR) is 71.0 cm³/mol. The van der Waals surface area contributed by atoms with Crippen LogP contribution in [0.25, 0.3) is 0 Å². The smallest absolute Gasteiger partial charge is 0.0628 e. The van der Waals surface area contributed by atoms with Crippen LogP contribution < -0.4 is 4.90 Å². The van der Waals surface area contributed by atoms with E-state index in [1.165, 1.54) is 24.1 Å². The Morgan fingerprint density at radius 1 is 1.41 bits per heavy atom. The fraction of sp³-hybridized carbons (Fsp3) is 0.533. The lowest BCUT2D eigenvalue weighted by atomic mass is 10.0. The van der Waals surface area contributed by atoms with Gasteiger partial charge >= 0.3 is 0 Å². The molecule has 0 amide bonds. The van der Waals surface area contributed by atoms with Crippen molar-refractivity contribution in [3.63, 3.8) is 0 Å². The lowest BCUT2D eigenvalue weighted by Crippen LogP contribution is -2.30. The van der Waals surface area contributed by atoms with Gasteiger partial charge in [-0.15, -0.1) is 0 Å². The van der Waals surface area contributed by atoms with Crippen molar-refractivity contribution in [2.24, 2.45) is 5.41 Å². The maximum Gasteiger partial charge on any atom is 0.0628 e. The van der Waals surface area contributed by atoms with Crippen LogP contribution in [0.1, 0.15) is 31.7 Å². The standard InChI is InChI=1S/C15H20N2/c1-3-17(12-15(7-8-15)9-10-16)14-6-4-5-13(2)11-14/h4-6,11H,3,7-9,12H2,1-2H3. The summed E-state index contributed by atoms with van der Waals surface area (Å²) in [4.78, 5) is 2.40. The molecule has 2 nitrogen and oxygen atoms in total. The molecule has 0 atom stereocenters. The molecule has 0 radical (unpaired) electrons. The quantitative estimate of drug-likeness (QED) is 0.771. The van der Waals surface area contributed by atoms with Crippen molar-refractivity contribution in [2.45, 2.75) is 33.1 Å². The molecular weight excluding hydrogens is 208 g/mol. The first-order valence-corrected chi connectivity index (χ1v) is 6.38. The van der Waals surface area contributed by atoms with E-state index in [9.17, 15) is 0 Å². The van der Waals surface area contributed by atoms with Gasteiger partial charge in [0.25, 0.3) is 0 Å². The number of hydrogen-bond acceptors (Lipinski definition) is 2. The molecule has 1 fully saturated rings. The molecule has 17 heavy (non-hydrogen) atoms. The largest absolute Gasteiger partial charge is 0.371 e. The van der Waals surface area contributed by atoms with E-state index >= 15 is 0 Å². The molecule has 0 unspecified atom stereocenters. The number of aryl methyl sites for hydroxylation is 1. The first-order valence-electron chi connectivity index (χ1n) is 6.38. The first-order chi connectivity index (χ1) is 8.19. The van der Waals surface area contributed by atoms with E-state index < -0.39 is 0 Å². The van der Waals surface area contributed by atoms with E-state index in [4.69, 9.17) is 5.26 Å². The van der Waals surface area contributed by atoms with Crippen LogP contribution >= 0.6 is 0 Å². The van der Waals surface area contributed by atoms with Gasteiger partial charge in [-0.1, -0.05) is 12.1 Å². The van der Waals surface area contributed by atoms with Gasteiger partial charge in [0, 0.05) is 30.6 Å². The summed E-state index contributed by atoms with van der Waals surface area (Å²) in [6.07, 6.45) is 3.13. The average Bonchev–Trinajstić information content (AvgIpc) is 3.07. The second-order valence-electron chi connectivity index (χ2n) is 5.19. The van der Waals surface area contributed by atoms with E-state index in [0.717, 1.165) is 13.1 Å². The lowest BCUT2D eigenvalue weighted by Gasteiger charge is -2.27. The molecule has 1 aliphatic rings. The van der Waals surface area contributed by atoms with Crippen LogP contribution in [-0.4, -0.2) is 13.1 Å². The fourth-order valence-corrected chi connectivity index (χ4v) is 2.35. The van der Waals surface area contributed by atoms with Gasteiger partial charge in [0.1, 0.15) is 0 Å². The van der Waals surface area contributed by atoms with Crippen LogP contribution in [0.2, 0.25) is 0 Å². The molecule has 2 heteroatoms. The Labute approximate surface area is 104 Å². The Bertz CT molecular complexity index is 427. The molecule has 0 heterocycles. The number of nitriles is 1. The molecule has 1 aromatic carbocycles. The number of nitrogens with zero attached hydrogens (tertiary/aromatic N) is 2. The van der Waals surface area contributed by atoms with Gasteiger partial charge in [-0.25, -0.2) is 0 Å². The van der Waals surface area contributed by atoms with E-state index in [1.54, 1.807) is 0 Å². The maximum atomic E-state index is 8.87. The molecule has 0 spiro atoms. The zero-order valence-corrected chi connectivity index (χ0v) is 10.7. The summed E-state index contributed by atoms with van der Waals surface area (Å²) in [5.74, 6) is 0. The first kappa shape index (κ1) is 12.0. The minimum absolute atomic E-state index is 0.286. The molecule has 0 saturated heterocycles. The van der Waals surface area contributed by atoms with Crippen molar-refractivity contribution in [3.05, 3.63) is 29.8 Å². The normalized spacial score (nSPS) is 16.3. The Balaban J connectivity index is 2.10. The van der Waals surface area contributed by atoms with Crippen LogP contribution in [-0.2, 0) is 0 Å². The minimum Gasteiger partial charge on any atom is -0.371 e. The number of anilines is 1. The van der Waals surface area contributed by atoms with Crippen molar-refractivity contribution in [2.75, 3.05) is 18.0 Å². The second-order valence-corrected chi connectivity index (χ2v) is 5.19. The maximum absolute atomic E-state index is 8.87. The average molecular weight is 228 g/mol. The highest BCUT2D eigenvalue weighted by Gasteiger charge is 2.43. The fourth-order valence-electron chi connectivity index (χ4n) is 2.35. The number of benzene rings is 1. The monoisotopic (exact) mass is 228 g/mol. The highest BCUT2D eigenvalue weighted by molar-refractivity contribution is 5.48. The summed E-state index contributed by atoms with van der Waals surface area (Å²) < 4.78 is 0. The van der Waals surface area contributed by atoms with Crippen molar-refractivity contribution in [1.29, 1.82) is 5.26 Å². The van der Waals surface area contributed by atoms with Gasteiger partial charge in [0.05, 0.1) is 6.07 Å². The van der Waals surface area contributed by atoms with E-state index in [-0.39, 0.29) is 5.41 Å². The summed E-state index contributed by atoms with van der Waals surface area (Å²) in [6.45, 7) is 6.35. The molecule has 0 aliphatic heterocycles. The van der Waals surface area contributed by atoms with Crippen molar-refractivity contribution in [1.82, 2.24) is 0 Å². The summed E-state index contributed by atoms with van der Waals surface area (Å²) in [7, 11) is 0. The van der Waals surface area contributed by atoms with Gasteiger partial charge in [0.2, 0.25) is 0 Å². The van der Waals surface area contributed by atoms with Crippen LogP contribution in [0.15, 0.2) is 24.3 Å². The number of rotatable bonds is 5. The zero-order valence-electron chi connectivity index (χ0n) is 10.7. The number of hydrogen-bond donors (Lipinski definition) is 0. The van der Waals surface area contributed by atoms with Gasteiger partial charge in [-0.2, -0.15) is 5.26 Å². The third-order valence-corrected chi connectivity index (χ3v) is 3.69. The van der Waals surface area contributed by atoms with E-state index in [2.05, 4.69) is 49.1 Å². The van der Waals surface area contributed by atoms with Crippen LogP contribution in [0.4, 0.5) is 5.69 Å². The highest BCUT2D eigenvalue weighted by atomic mass is 15.1. The molecule has 1 aliphatic carbocycles. The Morgan fingerprint density at radius 2 is 2.18 bits per heavy atom. The van der Waals surface area contributed by atoms with Crippen molar-refractivity contribution in [3.8, 4) is 6.07 Å². The zero-order chi connectivity index (χ0) is 12.3. The van der Waals surface area contributed by atoms with Crippen molar-refractivity contribution >= 4 is 5.69 Å². The van der Waals surface area contributed by atoms with Crippen molar-refractivity contribution < 1.29 is 0 Å². The van der Waals surface area contributed by atoms with Crippen LogP contribution in [0.5, 0.6) is 0 Å². The minimum atomic E-state index is 0.286. The molecule has 0 N–H and O–H groups in total. The molecule has 0 bridgehead atoms. The molecule has 2 rings (SSSR count).